The van der Waals surface area contributed by atoms with Crippen LogP contribution in [0.25, 0.3) is 0 Å². The highest BCUT2D eigenvalue weighted by Gasteiger charge is 2.62. The van der Waals surface area contributed by atoms with Gasteiger partial charge in [0.05, 0.1) is 14.4 Å². The summed E-state index contributed by atoms with van der Waals surface area (Å²) >= 11 is 36.4. The number of rotatable bonds is 2. The van der Waals surface area contributed by atoms with E-state index in [9.17, 15) is 10.2 Å². The van der Waals surface area contributed by atoms with Crippen molar-refractivity contribution in [1.29, 1.82) is 0 Å². The predicted molar refractivity (Wildman–Crippen MR) is 147 cm³/mol. The Bertz CT molecular complexity index is 825. The zero-order valence-electron chi connectivity index (χ0n) is 12.5. The van der Waals surface area contributed by atoms with Gasteiger partial charge < -0.3 is 10.2 Å². The van der Waals surface area contributed by atoms with Crippen LogP contribution in [0.15, 0.2) is 42.2 Å². The number of phenolic OH excluding ortho intramolecular Hbond substituents is 2. The van der Waals surface area contributed by atoms with E-state index in [4.69, 9.17) is 0 Å². The largest absolute Gasteiger partial charge is 0.508 e. The van der Waals surface area contributed by atoms with Crippen LogP contribution in [0.4, 0.5) is 0 Å². The Labute approximate surface area is 240 Å². The molecule has 2 N–H and O–H groups in total. The van der Waals surface area contributed by atoms with Crippen LogP contribution in [0.1, 0.15) is 11.1 Å². The van der Waals surface area contributed by atoms with Crippen LogP contribution in [0.3, 0.4) is 0 Å². The summed E-state index contributed by atoms with van der Waals surface area (Å²) in [6.45, 7) is 0. The van der Waals surface area contributed by atoms with Crippen LogP contribution in [-0.4, -0.2) is 14.5 Å². The molecule has 27 heavy (non-hydrogen) atoms. The van der Waals surface area contributed by atoms with Crippen LogP contribution in [0.5, 0.6) is 11.5 Å². The van der Waals surface area contributed by atoms with E-state index in [-0.39, 0.29) is 11.5 Å². The molecule has 0 aliphatic rings. The Morgan fingerprint density at radius 3 is 1.30 bits per heavy atom. The Hall–Kier alpha value is 2.84. The van der Waals surface area contributed by atoms with Gasteiger partial charge >= 0.3 is 0 Å². The number of halogens is 10. The zero-order chi connectivity index (χ0) is 20.9. The molecule has 2 aromatic carbocycles. The number of hydrogen-bond donors (Lipinski definition) is 2. The molecule has 0 amide bonds. The summed E-state index contributed by atoms with van der Waals surface area (Å²) in [4.78, 5) is 0. The first kappa shape index (κ1) is 26.1. The summed E-state index contributed by atoms with van der Waals surface area (Å²) in [5, 5.41) is 20.2. The first-order valence-electron chi connectivity index (χ1n) is 6.66. The van der Waals surface area contributed by atoms with Gasteiger partial charge in [0, 0.05) is 8.95 Å². The Morgan fingerprint density at radius 1 is 0.593 bits per heavy atom. The summed E-state index contributed by atoms with van der Waals surface area (Å²) in [5.74, 6) is 0.193. The highest BCUT2D eigenvalue weighted by molar-refractivity contribution is 9.41. The van der Waals surface area contributed by atoms with Gasteiger partial charge in [0.15, 0.2) is 4.29 Å². The average molecular weight is 1020 g/mol. The van der Waals surface area contributed by atoms with Crippen LogP contribution in [-0.2, 0) is 5.41 Å². The van der Waals surface area contributed by atoms with Crippen molar-refractivity contribution >= 4 is 159 Å². The molecule has 0 aliphatic carbocycles. The molecule has 2 nitrogen and oxygen atoms in total. The minimum Gasteiger partial charge on any atom is -0.508 e. The number of alkyl halides is 6. The highest BCUT2D eigenvalue weighted by atomic mass is 80.0. The van der Waals surface area contributed by atoms with Gasteiger partial charge in [-0.1, -0.05) is 108 Å². The molecular formula is C15H6Br10O2. The van der Waals surface area contributed by atoms with Crippen molar-refractivity contribution in [1.82, 2.24) is 0 Å². The molecule has 148 valence electrons. The average Bonchev–Trinajstić information content (AvgIpc) is 2.54. The van der Waals surface area contributed by atoms with Crippen LogP contribution >= 0.6 is 159 Å². The van der Waals surface area contributed by atoms with Crippen molar-refractivity contribution in [3.05, 3.63) is 53.3 Å². The van der Waals surface area contributed by atoms with E-state index in [2.05, 4.69) is 159 Å². The zero-order valence-corrected chi connectivity index (χ0v) is 28.3. The van der Waals surface area contributed by atoms with Crippen molar-refractivity contribution in [3.63, 3.8) is 0 Å². The van der Waals surface area contributed by atoms with E-state index in [1.807, 2.05) is 0 Å². The lowest BCUT2D eigenvalue weighted by Gasteiger charge is -2.48. The monoisotopic (exact) mass is 1010 g/mol. The third-order valence-electron chi connectivity index (χ3n) is 3.77. The lowest BCUT2D eigenvalue weighted by Crippen LogP contribution is -2.50. The normalized spacial score (nSPS) is 13.1. The minimum atomic E-state index is -0.968. The number of aromatic hydroxyl groups is 2. The molecule has 0 unspecified atom stereocenters. The summed E-state index contributed by atoms with van der Waals surface area (Å²) in [5.41, 5.74) is 0.591. The first-order valence-corrected chi connectivity index (χ1v) is 14.6. The molecular weight excluding hydrogens is 1010 g/mol. The maximum atomic E-state index is 10.4. The van der Waals surface area contributed by atoms with Gasteiger partial charge in [0.1, 0.15) is 11.5 Å². The quantitative estimate of drug-likeness (QED) is 0.233. The molecule has 0 spiro atoms. The number of phenols is 2. The Morgan fingerprint density at radius 2 is 0.963 bits per heavy atom. The molecule has 0 saturated heterocycles. The Kier molecular flexibility index (Phi) is 9.06. The van der Waals surface area contributed by atoms with E-state index in [0.717, 1.165) is 11.1 Å². The fraction of sp³-hybridized carbons (Fsp3) is 0.200. The highest BCUT2D eigenvalue weighted by Crippen LogP contribution is 2.69. The van der Waals surface area contributed by atoms with Gasteiger partial charge in [-0.05, 0) is 87.0 Å². The first-order chi connectivity index (χ1) is 12.2. The van der Waals surface area contributed by atoms with Crippen LogP contribution < -0.4 is 0 Å². The SMILES string of the molecule is Oc1ccc(C(c2c(Br)c(Br)c(O)c(Br)c2Br)(C(Br)(Br)Br)C(Br)(Br)Br)cc1. The Balaban J connectivity index is 3.16. The van der Waals surface area contributed by atoms with Gasteiger partial charge in [0.25, 0.3) is 0 Å². The smallest absolute Gasteiger partial charge is 0.151 e. The molecule has 0 bridgehead atoms. The molecule has 0 fully saturated rings. The van der Waals surface area contributed by atoms with E-state index in [1.54, 1.807) is 24.3 Å². The lowest BCUT2D eigenvalue weighted by molar-refractivity contribution is 0.465. The maximum absolute atomic E-state index is 10.4. The van der Waals surface area contributed by atoms with Crippen molar-refractivity contribution in [3.8, 4) is 11.5 Å². The van der Waals surface area contributed by atoms with Gasteiger partial charge in [-0.15, -0.1) is 0 Å². The van der Waals surface area contributed by atoms with E-state index < -0.39 is 9.70 Å². The molecule has 0 radical (unpaired) electrons. The second-order valence-corrected chi connectivity index (χ2v) is 22.0. The summed E-state index contributed by atoms with van der Waals surface area (Å²) < 4.78 is 0.374. The maximum Gasteiger partial charge on any atom is 0.151 e. The number of benzene rings is 2. The van der Waals surface area contributed by atoms with Gasteiger partial charge in [-0.2, -0.15) is 0 Å². The predicted octanol–water partition coefficient (Wildman–Crippen LogP) is 10.1. The molecule has 0 heterocycles. The minimum absolute atomic E-state index is 0.0470. The van der Waals surface area contributed by atoms with Gasteiger partial charge in [-0.25, -0.2) is 0 Å². The van der Waals surface area contributed by atoms with Crippen LogP contribution in [0, 0.1) is 0 Å². The summed E-state index contributed by atoms with van der Waals surface area (Å²) in [6, 6.07) is 6.82. The molecule has 0 saturated carbocycles. The van der Waals surface area contributed by atoms with E-state index >= 15 is 0 Å². The second kappa shape index (κ2) is 9.37. The molecule has 0 atom stereocenters. The third-order valence-corrected chi connectivity index (χ3v) is 11.5. The van der Waals surface area contributed by atoms with Gasteiger partial charge in [-0.3, -0.25) is 0 Å². The third kappa shape index (κ3) is 4.65. The van der Waals surface area contributed by atoms with E-state index in [0.29, 0.717) is 17.9 Å². The summed E-state index contributed by atoms with van der Waals surface area (Å²) in [7, 11) is 0. The van der Waals surface area contributed by atoms with Gasteiger partial charge in [0.2, 0.25) is 0 Å². The molecule has 2 rings (SSSR count). The van der Waals surface area contributed by atoms with Crippen molar-refractivity contribution in [2.75, 3.05) is 0 Å². The fourth-order valence-electron chi connectivity index (χ4n) is 2.58. The van der Waals surface area contributed by atoms with Crippen molar-refractivity contribution in [2.24, 2.45) is 0 Å². The lowest BCUT2D eigenvalue weighted by atomic mass is 9.77. The van der Waals surface area contributed by atoms with Crippen molar-refractivity contribution < 1.29 is 10.2 Å². The topological polar surface area (TPSA) is 40.5 Å². The molecule has 0 aromatic heterocycles. The molecule has 12 heteroatoms. The molecule has 2 aromatic rings. The summed E-state index contributed by atoms with van der Waals surface area (Å²) in [6.07, 6.45) is 0. The fourth-order valence-corrected chi connectivity index (χ4v) is 12.0. The van der Waals surface area contributed by atoms with Crippen LogP contribution in [0.2, 0.25) is 0 Å². The number of hydrogen-bond acceptors (Lipinski definition) is 2. The second-order valence-electron chi connectivity index (χ2n) is 5.27. The van der Waals surface area contributed by atoms with E-state index in [1.165, 1.54) is 0 Å². The van der Waals surface area contributed by atoms with Crippen molar-refractivity contribution in [2.45, 2.75) is 9.70 Å². The molecule has 0 aliphatic heterocycles. The standard InChI is InChI=1S/C15H6Br10O2/c16-8-7(9(17)11(19)12(27)10(8)18)13(14(20,21)22,15(23,24)25)5-1-3-6(26)4-2-5/h1-4,26-27H.